The first-order chi connectivity index (χ1) is 20.2. The molecule has 0 saturated carbocycles. The molecule has 0 spiro atoms. The van der Waals surface area contributed by atoms with Crippen LogP contribution in [0.3, 0.4) is 0 Å². The van der Waals surface area contributed by atoms with Crippen LogP contribution in [0.15, 0.2) is 72.8 Å². The number of nitrogens with zero attached hydrogens (tertiary/aromatic N) is 1. The summed E-state index contributed by atoms with van der Waals surface area (Å²) in [6.07, 6.45) is 1.56. The van der Waals surface area contributed by atoms with Crippen LogP contribution in [-0.2, 0) is 26.6 Å². The minimum Gasteiger partial charge on any atom is -0.366 e. The number of nitrogens with two attached hydrogens (primary N) is 2. The number of hydrogen-bond donors (Lipinski definition) is 4. The summed E-state index contributed by atoms with van der Waals surface area (Å²) >= 11 is 0. The van der Waals surface area contributed by atoms with Crippen molar-refractivity contribution in [1.82, 2.24) is 4.98 Å². The number of halogens is 1. The molecule has 43 heavy (non-hydrogen) atoms. The average molecular weight is 624 g/mol. The van der Waals surface area contributed by atoms with Gasteiger partial charge in [0, 0.05) is 34.1 Å². The molecule has 6 N–H and O–H groups in total. The molecule has 1 heterocycles. The zero-order valence-electron chi connectivity index (χ0n) is 22.9. The topological polar surface area (TPSA) is 186 Å². The molecule has 222 valence electrons. The van der Waals surface area contributed by atoms with Gasteiger partial charge in [0.15, 0.2) is 0 Å². The summed E-state index contributed by atoms with van der Waals surface area (Å²) in [5.74, 6) is -1.67. The van der Waals surface area contributed by atoms with E-state index in [0.717, 1.165) is 12.5 Å². The molecule has 11 nitrogen and oxygen atoms in total. The van der Waals surface area contributed by atoms with E-state index in [9.17, 15) is 30.8 Å². The number of hydrogen-bond acceptors (Lipinski definition) is 7. The Balaban J connectivity index is 1.72. The van der Waals surface area contributed by atoms with E-state index >= 15 is 0 Å². The van der Waals surface area contributed by atoms with E-state index in [4.69, 9.17) is 11.5 Å². The Kier molecular flexibility index (Phi) is 7.46. The van der Waals surface area contributed by atoms with Crippen molar-refractivity contribution < 1.29 is 30.8 Å². The highest BCUT2D eigenvalue weighted by Crippen LogP contribution is 2.40. The summed E-state index contributed by atoms with van der Waals surface area (Å²) in [4.78, 5) is 28.4. The molecule has 0 bridgehead atoms. The zero-order chi connectivity index (χ0) is 31.3. The summed E-state index contributed by atoms with van der Waals surface area (Å²) in [5.41, 5.74) is 15.0. The van der Waals surface area contributed by atoms with Crippen molar-refractivity contribution in [2.24, 2.45) is 11.5 Å². The van der Waals surface area contributed by atoms with E-state index in [1.54, 1.807) is 30.3 Å². The number of anilines is 2. The highest BCUT2D eigenvalue weighted by molar-refractivity contribution is 8.09. The van der Waals surface area contributed by atoms with E-state index in [-0.39, 0.29) is 23.4 Å². The maximum atomic E-state index is 13.4. The van der Waals surface area contributed by atoms with Crippen molar-refractivity contribution in [2.45, 2.75) is 6.54 Å². The summed E-state index contributed by atoms with van der Waals surface area (Å²) in [6, 6.07) is 17.7. The fourth-order valence-corrected chi connectivity index (χ4v) is 8.11. The molecule has 4 aromatic carbocycles. The lowest BCUT2D eigenvalue weighted by molar-refractivity contribution is 0.0998. The molecule has 0 aliphatic carbocycles. The molecule has 0 atom stereocenters. The molecule has 0 unspecified atom stereocenters. The zero-order valence-corrected chi connectivity index (χ0v) is 24.5. The Morgan fingerprint density at radius 1 is 0.907 bits per heavy atom. The smallest absolute Gasteiger partial charge is 0.255 e. The normalized spacial score (nSPS) is 12.0. The highest BCUT2D eigenvalue weighted by Gasteiger charge is 2.28. The maximum absolute atomic E-state index is 13.4. The fraction of sp³-hybridized carbons (Fsp3) is 0.103. The molecular formula is C29H26FN5O6S2. The monoisotopic (exact) mass is 623 g/mol. The molecule has 5 rings (SSSR count). The standard InChI is InChI=1S/C29H26FN5O6S2/c1-42(38,39)35(43(2,40)41)18-10-11-21-25(14-18)33-27-22(28(32)36)13-12-20(26(21)27)19-4-3-5-24(23(19)15-31)34-29(37)16-6-8-17(30)9-7-16/h3-14,33H,15,31H2,1-2H3,(H2,32,36)(H,34,37). The van der Waals surface area contributed by atoms with Crippen LogP contribution in [0.4, 0.5) is 15.8 Å². The summed E-state index contributed by atoms with van der Waals surface area (Å²) < 4.78 is 63.2. The number of nitrogens with one attached hydrogen (secondary N) is 2. The van der Waals surface area contributed by atoms with Crippen molar-refractivity contribution in [3.63, 3.8) is 0 Å². The number of carbonyl (C=O) groups excluding carboxylic acids is 2. The number of aromatic nitrogens is 1. The van der Waals surface area contributed by atoms with Gasteiger partial charge in [0.2, 0.25) is 20.0 Å². The molecule has 0 aliphatic rings. The minimum atomic E-state index is -4.20. The average Bonchev–Trinajstić information content (AvgIpc) is 3.30. The van der Waals surface area contributed by atoms with Crippen LogP contribution in [0, 0.1) is 5.82 Å². The summed E-state index contributed by atoms with van der Waals surface area (Å²) in [5, 5.41) is 3.91. The third-order valence-corrected chi connectivity index (χ3v) is 10.1. The van der Waals surface area contributed by atoms with Gasteiger partial charge in [-0.1, -0.05) is 24.3 Å². The number of primary amides is 1. The van der Waals surface area contributed by atoms with Crippen molar-refractivity contribution in [2.75, 3.05) is 21.5 Å². The second-order valence-electron chi connectivity index (χ2n) is 9.85. The Labute approximate surface area is 246 Å². The van der Waals surface area contributed by atoms with E-state index in [1.165, 1.54) is 42.5 Å². The number of H-pyrrole nitrogens is 1. The van der Waals surface area contributed by atoms with Gasteiger partial charge in [-0.2, -0.15) is 3.71 Å². The van der Waals surface area contributed by atoms with E-state index in [0.29, 0.717) is 47.9 Å². The number of carbonyl (C=O) groups is 2. The first-order valence-electron chi connectivity index (χ1n) is 12.7. The van der Waals surface area contributed by atoms with Crippen molar-refractivity contribution in [1.29, 1.82) is 0 Å². The molecule has 0 saturated heterocycles. The Morgan fingerprint density at radius 2 is 1.58 bits per heavy atom. The van der Waals surface area contributed by atoms with Crippen molar-refractivity contribution >= 4 is 65.0 Å². The fourth-order valence-electron chi connectivity index (χ4n) is 5.14. The van der Waals surface area contributed by atoms with E-state index in [2.05, 4.69) is 10.3 Å². The molecule has 0 aliphatic heterocycles. The van der Waals surface area contributed by atoms with Gasteiger partial charge in [0.25, 0.3) is 11.8 Å². The Hall–Kier alpha value is -4.79. The molecule has 14 heteroatoms. The summed E-state index contributed by atoms with van der Waals surface area (Å²) in [7, 11) is -8.41. The number of benzene rings is 4. The maximum Gasteiger partial charge on any atom is 0.255 e. The quantitative estimate of drug-likeness (QED) is 0.203. The molecule has 0 fully saturated rings. The van der Waals surface area contributed by atoms with E-state index in [1.807, 2.05) is 0 Å². The molecule has 2 amide bonds. The number of fused-ring (bicyclic) bond motifs is 3. The van der Waals surface area contributed by atoms with Crippen LogP contribution < -0.4 is 20.5 Å². The van der Waals surface area contributed by atoms with Crippen molar-refractivity contribution in [3.8, 4) is 11.1 Å². The van der Waals surface area contributed by atoms with Gasteiger partial charge in [-0.3, -0.25) is 9.59 Å². The molecule has 0 radical (unpaired) electrons. The van der Waals surface area contributed by atoms with Crippen LogP contribution in [0.5, 0.6) is 0 Å². The first kappa shape index (κ1) is 29.7. The molecular weight excluding hydrogens is 597 g/mol. The van der Waals surface area contributed by atoms with Gasteiger partial charge in [-0.05, 0) is 65.2 Å². The molecule has 5 aromatic rings. The van der Waals surface area contributed by atoms with Crippen LogP contribution in [0.1, 0.15) is 26.3 Å². The van der Waals surface area contributed by atoms with Crippen LogP contribution in [-0.4, -0.2) is 46.1 Å². The SMILES string of the molecule is CS(=O)(=O)N(c1ccc2c(c1)[nH]c1c(C(N)=O)ccc(-c3cccc(NC(=O)c4ccc(F)cc4)c3CN)c12)S(C)(=O)=O. The predicted molar refractivity (Wildman–Crippen MR) is 164 cm³/mol. The number of rotatable bonds is 8. The van der Waals surface area contributed by atoms with Gasteiger partial charge in [0.1, 0.15) is 5.82 Å². The largest absolute Gasteiger partial charge is 0.366 e. The number of aromatic amines is 1. The lowest BCUT2D eigenvalue weighted by Crippen LogP contribution is -2.35. The highest BCUT2D eigenvalue weighted by atomic mass is 32.3. The number of sulfonamides is 2. The lowest BCUT2D eigenvalue weighted by atomic mass is 9.92. The third-order valence-electron chi connectivity index (χ3n) is 6.84. The first-order valence-corrected chi connectivity index (χ1v) is 16.4. The van der Waals surface area contributed by atoms with Crippen molar-refractivity contribution in [3.05, 3.63) is 95.3 Å². The second-order valence-corrected chi connectivity index (χ2v) is 13.7. The Morgan fingerprint density at radius 3 is 2.19 bits per heavy atom. The molecule has 1 aromatic heterocycles. The lowest BCUT2D eigenvalue weighted by Gasteiger charge is -2.19. The number of amides is 2. The summed E-state index contributed by atoms with van der Waals surface area (Å²) in [6.45, 7) is 0.0124. The van der Waals surface area contributed by atoms with Gasteiger partial charge < -0.3 is 21.8 Å². The predicted octanol–water partition coefficient (Wildman–Crippen LogP) is 3.66. The third kappa shape index (κ3) is 5.55. The Bertz CT molecular complexity index is 2130. The van der Waals surface area contributed by atoms with Gasteiger partial charge in [0.05, 0.1) is 29.3 Å². The van der Waals surface area contributed by atoms with Gasteiger partial charge in [-0.15, -0.1) is 0 Å². The second kappa shape index (κ2) is 10.8. The van der Waals surface area contributed by atoms with Gasteiger partial charge >= 0.3 is 0 Å². The minimum absolute atomic E-state index is 0.0124. The van der Waals surface area contributed by atoms with Gasteiger partial charge in [-0.25, -0.2) is 21.2 Å². The van der Waals surface area contributed by atoms with Crippen LogP contribution in [0.2, 0.25) is 0 Å². The van der Waals surface area contributed by atoms with Crippen LogP contribution >= 0.6 is 0 Å². The van der Waals surface area contributed by atoms with E-state index < -0.39 is 37.7 Å². The van der Waals surface area contributed by atoms with Crippen LogP contribution in [0.25, 0.3) is 32.9 Å².